The fourth-order valence-electron chi connectivity index (χ4n) is 1.37. The van der Waals surface area contributed by atoms with Gasteiger partial charge in [-0.2, -0.15) is 0 Å². The summed E-state index contributed by atoms with van der Waals surface area (Å²) in [5.41, 5.74) is 5.32. The fourth-order valence-corrected chi connectivity index (χ4v) is 1.37. The smallest absolute Gasteiger partial charge is 0.0648 e. The lowest BCUT2D eigenvalue weighted by Gasteiger charge is -2.13. The number of rotatable bonds is 9. The summed E-state index contributed by atoms with van der Waals surface area (Å²) in [6.45, 7) is 6.68. The van der Waals surface area contributed by atoms with Crippen molar-refractivity contribution < 1.29 is 4.74 Å². The molecule has 0 aromatic rings. The van der Waals surface area contributed by atoms with Crippen LogP contribution in [0.5, 0.6) is 0 Å². The molecule has 14 heavy (non-hydrogen) atoms. The van der Waals surface area contributed by atoms with E-state index in [1.807, 2.05) is 12.2 Å². The first-order chi connectivity index (χ1) is 6.85. The quantitative estimate of drug-likeness (QED) is 0.458. The third-order valence-corrected chi connectivity index (χ3v) is 2.41. The van der Waals surface area contributed by atoms with Crippen LogP contribution in [0, 0.1) is 5.92 Å². The zero-order valence-corrected chi connectivity index (χ0v) is 9.67. The summed E-state index contributed by atoms with van der Waals surface area (Å²) in [5.74, 6) is 0.737. The van der Waals surface area contributed by atoms with E-state index < -0.39 is 0 Å². The normalized spacial score (nSPS) is 13.6. The van der Waals surface area contributed by atoms with E-state index in [0.29, 0.717) is 13.2 Å². The maximum Gasteiger partial charge on any atom is 0.0648 e. The zero-order chi connectivity index (χ0) is 10.6. The van der Waals surface area contributed by atoms with Crippen molar-refractivity contribution in [3.63, 3.8) is 0 Å². The Bertz CT molecular complexity index is 134. The van der Waals surface area contributed by atoms with E-state index in [0.717, 1.165) is 12.5 Å². The van der Waals surface area contributed by atoms with Gasteiger partial charge in [-0.15, -0.1) is 0 Å². The van der Waals surface area contributed by atoms with E-state index in [1.54, 1.807) is 0 Å². The second kappa shape index (κ2) is 10.7. The highest BCUT2D eigenvalue weighted by Gasteiger charge is 2.04. The molecule has 2 nitrogen and oxygen atoms in total. The highest BCUT2D eigenvalue weighted by molar-refractivity contribution is 4.81. The maximum absolute atomic E-state index is 5.54. The summed E-state index contributed by atoms with van der Waals surface area (Å²) < 4.78 is 5.54. The van der Waals surface area contributed by atoms with Crippen molar-refractivity contribution in [2.24, 2.45) is 11.7 Å². The second-order valence-corrected chi connectivity index (χ2v) is 3.66. The Morgan fingerprint density at radius 3 is 2.64 bits per heavy atom. The molecule has 0 amide bonds. The Balaban J connectivity index is 3.37. The summed E-state index contributed by atoms with van der Waals surface area (Å²) in [5, 5.41) is 0. The van der Waals surface area contributed by atoms with Crippen LogP contribution in [-0.2, 0) is 4.74 Å². The Kier molecular flexibility index (Phi) is 10.5. The van der Waals surface area contributed by atoms with Crippen LogP contribution in [0.3, 0.4) is 0 Å². The average Bonchev–Trinajstić information content (AvgIpc) is 2.22. The van der Waals surface area contributed by atoms with Gasteiger partial charge in [-0.3, -0.25) is 0 Å². The van der Waals surface area contributed by atoms with Gasteiger partial charge < -0.3 is 10.5 Å². The Morgan fingerprint density at radius 2 is 2.07 bits per heavy atom. The Hall–Kier alpha value is -0.340. The van der Waals surface area contributed by atoms with Gasteiger partial charge in [-0.1, -0.05) is 45.3 Å². The lowest BCUT2D eigenvalue weighted by atomic mass is 10.0. The van der Waals surface area contributed by atoms with Crippen LogP contribution in [0.4, 0.5) is 0 Å². The van der Waals surface area contributed by atoms with Gasteiger partial charge in [-0.25, -0.2) is 0 Å². The summed E-state index contributed by atoms with van der Waals surface area (Å²) in [4.78, 5) is 0. The topological polar surface area (TPSA) is 35.2 Å². The molecule has 0 aliphatic heterocycles. The first-order valence-electron chi connectivity index (χ1n) is 5.77. The van der Waals surface area contributed by atoms with Crippen LogP contribution in [-0.4, -0.2) is 19.8 Å². The van der Waals surface area contributed by atoms with Crippen LogP contribution in [0.25, 0.3) is 0 Å². The molecule has 0 aromatic carbocycles. The van der Waals surface area contributed by atoms with Gasteiger partial charge in [0.15, 0.2) is 0 Å². The molecule has 0 heterocycles. The highest BCUT2D eigenvalue weighted by Crippen LogP contribution is 2.12. The monoisotopic (exact) mass is 199 g/mol. The van der Waals surface area contributed by atoms with Crippen LogP contribution >= 0.6 is 0 Å². The number of hydrogen-bond acceptors (Lipinski definition) is 2. The molecule has 2 N–H and O–H groups in total. The largest absolute Gasteiger partial charge is 0.377 e. The minimum absolute atomic E-state index is 0.608. The molecule has 0 radical (unpaired) electrons. The van der Waals surface area contributed by atoms with E-state index in [-0.39, 0.29) is 0 Å². The summed E-state index contributed by atoms with van der Waals surface area (Å²) >= 11 is 0. The molecule has 84 valence electrons. The van der Waals surface area contributed by atoms with Gasteiger partial charge in [0.2, 0.25) is 0 Å². The summed E-state index contributed by atoms with van der Waals surface area (Å²) in [6, 6.07) is 0. The molecule has 1 unspecified atom stereocenters. The molecule has 0 saturated heterocycles. The van der Waals surface area contributed by atoms with E-state index in [2.05, 4.69) is 13.8 Å². The van der Waals surface area contributed by atoms with Crippen molar-refractivity contribution in [1.82, 2.24) is 0 Å². The third-order valence-electron chi connectivity index (χ3n) is 2.41. The predicted molar refractivity (Wildman–Crippen MR) is 62.3 cm³/mol. The minimum Gasteiger partial charge on any atom is -0.377 e. The molecule has 0 saturated carbocycles. The van der Waals surface area contributed by atoms with Crippen LogP contribution in [0.15, 0.2) is 12.2 Å². The van der Waals surface area contributed by atoms with Gasteiger partial charge in [0.05, 0.1) is 6.61 Å². The summed E-state index contributed by atoms with van der Waals surface area (Å²) in [7, 11) is 0. The Labute approximate surface area is 88.5 Å². The lowest BCUT2D eigenvalue weighted by molar-refractivity contribution is 0.116. The van der Waals surface area contributed by atoms with Crippen molar-refractivity contribution >= 4 is 0 Å². The molecule has 0 fully saturated rings. The van der Waals surface area contributed by atoms with E-state index in [4.69, 9.17) is 10.5 Å². The van der Waals surface area contributed by atoms with Crippen LogP contribution in [0.1, 0.15) is 39.5 Å². The maximum atomic E-state index is 5.54. The number of hydrogen-bond donors (Lipinski definition) is 1. The first-order valence-corrected chi connectivity index (χ1v) is 5.77. The van der Waals surface area contributed by atoms with Gasteiger partial charge in [0.25, 0.3) is 0 Å². The minimum atomic E-state index is 0.608. The number of ether oxygens (including phenoxy) is 1. The van der Waals surface area contributed by atoms with E-state index in [1.165, 1.54) is 25.7 Å². The SMILES string of the molecule is CCCCC(CC)COCC=CCN. The highest BCUT2D eigenvalue weighted by atomic mass is 16.5. The Morgan fingerprint density at radius 1 is 1.29 bits per heavy atom. The van der Waals surface area contributed by atoms with E-state index >= 15 is 0 Å². The molecule has 0 rings (SSSR count). The van der Waals surface area contributed by atoms with Crippen molar-refractivity contribution in [3.8, 4) is 0 Å². The third kappa shape index (κ3) is 8.27. The molecule has 0 aliphatic carbocycles. The standard InChI is InChI=1S/C12H25NO/c1-3-5-8-12(4-2)11-14-10-7-6-9-13/h6-7,12H,3-5,8-11,13H2,1-2H3. The molecule has 0 aromatic heterocycles. The molecule has 0 aliphatic rings. The average molecular weight is 199 g/mol. The van der Waals surface area contributed by atoms with Gasteiger partial charge >= 0.3 is 0 Å². The zero-order valence-electron chi connectivity index (χ0n) is 9.67. The van der Waals surface area contributed by atoms with Gasteiger partial charge in [0, 0.05) is 13.2 Å². The van der Waals surface area contributed by atoms with Crippen molar-refractivity contribution in [2.45, 2.75) is 39.5 Å². The van der Waals surface area contributed by atoms with Gasteiger partial charge in [0.1, 0.15) is 0 Å². The predicted octanol–water partition coefficient (Wildman–Crippen LogP) is 2.73. The van der Waals surface area contributed by atoms with Crippen LogP contribution in [0.2, 0.25) is 0 Å². The molecule has 1 atom stereocenters. The second-order valence-electron chi connectivity index (χ2n) is 3.66. The fraction of sp³-hybridized carbons (Fsp3) is 0.833. The molecule has 0 bridgehead atoms. The number of nitrogens with two attached hydrogens (primary N) is 1. The van der Waals surface area contributed by atoms with Gasteiger partial charge in [-0.05, 0) is 12.3 Å². The van der Waals surface area contributed by atoms with Crippen molar-refractivity contribution in [1.29, 1.82) is 0 Å². The summed E-state index contributed by atoms with van der Waals surface area (Å²) in [6.07, 6.45) is 9.05. The van der Waals surface area contributed by atoms with Crippen LogP contribution < -0.4 is 5.73 Å². The molecular formula is C12H25NO. The molecular weight excluding hydrogens is 174 g/mol. The lowest BCUT2D eigenvalue weighted by Crippen LogP contribution is -2.09. The molecule has 0 spiro atoms. The number of unbranched alkanes of at least 4 members (excludes halogenated alkanes) is 1. The van der Waals surface area contributed by atoms with E-state index in [9.17, 15) is 0 Å². The van der Waals surface area contributed by atoms with Crippen molar-refractivity contribution in [3.05, 3.63) is 12.2 Å². The van der Waals surface area contributed by atoms with Crippen molar-refractivity contribution in [2.75, 3.05) is 19.8 Å². The molecule has 2 heteroatoms. The first kappa shape index (κ1) is 13.7.